The van der Waals surface area contributed by atoms with Gasteiger partial charge >= 0.3 is 5.91 Å². The highest BCUT2D eigenvalue weighted by Gasteiger charge is 2.21. The van der Waals surface area contributed by atoms with Crippen LogP contribution in [0.4, 0.5) is 0 Å². The van der Waals surface area contributed by atoms with E-state index in [9.17, 15) is 9.90 Å². The molecule has 2 heterocycles. The molecule has 2 aromatic heterocycles. The maximum absolute atomic E-state index is 11.8. The van der Waals surface area contributed by atoms with Crippen molar-refractivity contribution in [2.24, 2.45) is 5.10 Å². The Bertz CT molecular complexity index is 922. The van der Waals surface area contributed by atoms with Crippen molar-refractivity contribution in [3.05, 3.63) is 53.2 Å². The smallest absolute Gasteiger partial charge is 0.307 e. The van der Waals surface area contributed by atoms with Gasteiger partial charge in [0.2, 0.25) is 0 Å². The monoisotopic (exact) mass is 324 g/mol. The van der Waals surface area contributed by atoms with E-state index in [-0.39, 0.29) is 11.5 Å². The number of carbonyl (C=O) groups is 1. The minimum absolute atomic E-state index is 0.104. The van der Waals surface area contributed by atoms with Gasteiger partial charge < -0.3 is 13.9 Å². The van der Waals surface area contributed by atoms with Gasteiger partial charge in [-0.2, -0.15) is 5.10 Å². The number of rotatable bonds is 3. The second kappa shape index (κ2) is 5.88. The standard InChI is InChI=1S/C18H16N2O4/c21-13-7-8-15-17(11-4-1-2-5-14(11)24-15)12(13)10-19-20-18(22)16-6-3-9-23-16/h3,6-10,21H,1-2,4-5H2,(H,20,22)/b19-10+. The first kappa shape index (κ1) is 14.6. The van der Waals surface area contributed by atoms with Crippen LogP contribution in [-0.2, 0) is 12.8 Å². The first-order chi connectivity index (χ1) is 11.7. The van der Waals surface area contributed by atoms with E-state index < -0.39 is 5.91 Å². The summed E-state index contributed by atoms with van der Waals surface area (Å²) in [6.07, 6.45) is 6.92. The maximum Gasteiger partial charge on any atom is 0.307 e. The van der Waals surface area contributed by atoms with Gasteiger partial charge in [-0.25, -0.2) is 5.43 Å². The quantitative estimate of drug-likeness (QED) is 0.571. The number of amides is 1. The average Bonchev–Trinajstić information content (AvgIpc) is 3.24. The molecule has 0 unspecified atom stereocenters. The highest BCUT2D eigenvalue weighted by atomic mass is 16.3. The van der Waals surface area contributed by atoms with Crippen LogP contribution >= 0.6 is 0 Å². The highest BCUT2D eigenvalue weighted by Crippen LogP contribution is 2.36. The van der Waals surface area contributed by atoms with Crippen molar-refractivity contribution in [3.8, 4) is 5.75 Å². The summed E-state index contributed by atoms with van der Waals surface area (Å²) in [5.74, 6) is 0.816. The summed E-state index contributed by atoms with van der Waals surface area (Å²) in [6, 6.07) is 6.52. The second-order valence-electron chi connectivity index (χ2n) is 5.76. The molecule has 3 aromatic rings. The van der Waals surface area contributed by atoms with Gasteiger partial charge in [-0.05, 0) is 43.5 Å². The Morgan fingerprint density at radius 3 is 2.96 bits per heavy atom. The molecule has 24 heavy (non-hydrogen) atoms. The predicted octanol–water partition coefficient (Wildman–Crippen LogP) is 3.37. The molecule has 0 aliphatic heterocycles. The van der Waals surface area contributed by atoms with Crippen molar-refractivity contribution in [2.75, 3.05) is 0 Å². The molecule has 122 valence electrons. The Morgan fingerprint density at radius 1 is 1.25 bits per heavy atom. The number of aryl methyl sites for hydroxylation is 2. The third-order valence-corrected chi connectivity index (χ3v) is 4.24. The summed E-state index contributed by atoms with van der Waals surface area (Å²) in [6.45, 7) is 0. The lowest BCUT2D eigenvalue weighted by atomic mass is 9.94. The van der Waals surface area contributed by atoms with Crippen LogP contribution < -0.4 is 5.43 Å². The first-order valence-corrected chi connectivity index (χ1v) is 7.87. The lowest BCUT2D eigenvalue weighted by Crippen LogP contribution is -2.16. The molecule has 0 bridgehead atoms. The van der Waals surface area contributed by atoms with Crippen molar-refractivity contribution < 1.29 is 18.7 Å². The van der Waals surface area contributed by atoms with Gasteiger partial charge in [-0.1, -0.05) is 0 Å². The van der Waals surface area contributed by atoms with Gasteiger partial charge in [0.05, 0.1) is 12.5 Å². The van der Waals surface area contributed by atoms with Crippen LogP contribution in [0.1, 0.15) is 40.3 Å². The number of benzene rings is 1. The number of hydrazone groups is 1. The molecule has 2 N–H and O–H groups in total. The molecular weight excluding hydrogens is 308 g/mol. The molecule has 0 radical (unpaired) electrons. The highest BCUT2D eigenvalue weighted by molar-refractivity contribution is 6.03. The summed E-state index contributed by atoms with van der Waals surface area (Å²) in [5, 5.41) is 15.0. The van der Waals surface area contributed by atoms with Gasteiger partial charge in [0.1, 0.15) is 17.1 Å². The fraction of sp³-hybridized carbons (Fsp3) is 0.222. The van der Waals surface area contributed by atoms with Gasteiger partial charge in [0, 0.05) is 22.9 Å². The molecular formula is C18H16N2O4. The number of fused-ring (bicyclic) bond motifs is 3. The number of hydrogen-bond donors (Lipinski definition) is 2. The van der Waals surface area contributed by atoms with E-state index in [1.807, 2.05) is 0 Å². The molecule has 0 saturated carbocycles. The Kier molecular flexibility index (Phi) is 3.57. The van der Waals surface area contributed by atoms with Gasteiger partial charge in [-0.15, -0.1) is 0 Å². The van der Waals surface area contributed by atoms with Crippen molar-refractivity contribution in [1.29, 1.82) is 0 Å². The SMILES string of the molecule is O=C(N/N=C/c1c(O)ccc2oc3c(c12)CCCC3)c1ccco1. The van der Waals surface area contributed by atoms with Crippen LogP contribution in [0.3, 0.4) is 0 Å². The summed E-state index contributed by atoms with van der Waals surface area (Å²) in [5.41, 5.74) is 4.81. The lowest BCUT2D eigenvalue weighted by Gasteiger charge is -2.09. The molecule has 0 atom stereocenters. The molecule has 6 nitrogen and oxygen atoms in total. The number of aromatic hydroxyl groups is 1. The Labute approximate surface area is 137 Å². The molecule has 1 amide bonds. The Hall–Kier alpha value is -3.02. The Morgan fingerprint density at radius 2 is 2.12 bits per heavy atom. The van der Waals surface area contributed by atoms with E-state index in [1.54, 1.807) is 24.3 Å². The van der Waals surface area contributed by atoms with E-state index in [0.29, 0.717) is 5.56 Å². The third-order valence-electron chi connectivity index (χ3n) is 4.24. The van der Waals surface area contributed by atoms with E-state index in [4.69, 9.17) is 8.83 Å². The molecule has 1 aliphatic rings. The largest absolute Gasteiger partial charge is 0.507 e. The number of carbonyl (C=O) groups excluding carboxylic acids is 1. The van der Waals surface area contributed by atoms with Gasteiger partial charge in [0.25, 0.3) is 0 Å². The second-order valence-corrected chi connectivity index (χ2v) is 5.76. The van der Waals surface area contributed by atoms with E-state index >= 15 is 0 Å². The molecule has 1 aliphatic carbocycles. The summed E-state index contributed by atoms with van der Waals surface area (Å²) in [7, 11) is 0. The van der Waals surface area contributed by atoms with E-state index in [0.717, 1.165) is 48.0 Å². The van der Waals surface area contributed by atoms with Crippen molar-refractivity contribution in [2.45, 2.75) is 25.7 Å². The number of furan rings is 2. The molecule has 1 aromatic carbocycles. The van der Waals surface area contributed by atoms with Crippen molar-refractivity contribution in [3.63, 3.8) is 0 Å². The minimum Gasteiger partial charge on any atom is -0.507 e. The topological polar surface area (TPSA) is 88.0 Å². The fourth-order valence-electron chi connectivity index (χ4n) is 3.12. The minimum atomic E-state index is -0.447. The van der Waals surface area contributed by atoms with Crippen LogP contribution in [-0.4, -0.2) is 17.2 Å². The zero-order valence-corrected chi connectivity index (χ0v) is 12.9. The maximum atomic E-state index is 11.8. The summed E-state index contributed by atoms with van der Waals surface area (Å²) in [4.78, 5) is 11.8. The summed E-state index contributed by atoms with van der Waals surface area (Å²) < 4.78 is 10.9. The molecule has 4 rings (SSSR count). The van der Waals surface area contributed by atoms with Crippen molar-refractivity contribution in [1.82, 2.24) is 5.43 Å². The Balaban J connectivity index is 1.68. The van der Waals surface area contributed by atoms with E-state index in [2.05, 4.69) is 10.5 Å². The number of nitrogens with one attached hydrogen (secondary N) is 1. The van der Waals surface area contributed by atoms with Crippen LogP contribution in [0.15, 0.2) is 44.5 Å². The molecule has 0 fully saturated rings. The number of nitrogens with zero attached hydrogens (tertiary/aromatic N) is 1. The predicted molar refractivity (Wildman–Crippen MR) is 88.3 cm³/mol. The van der Waals surface area contributed by atoms with Crippen LogP contribution in [0, 0.1) is 0 Å². The van der Waals surface area contributed by atoms with Crippen LogP contribution in [0.25, 0.3) is 11.0 Å². The molecule has 0 spiro atoms. The van der Waals surface area contributed by atoms with Crippen LogP contribution in [0.2, 0.25) is 0 Å². The van der Waals surface area contributed by atoms with Gasteiger partial charge in [0.15, 0.2) is 5.76 Å². The lowest BCUT2D eigenvalue weighted by molar-refractivity contribution is 0.0927. The molecule has 6 heteroatoms. The van der Waals surface area contributed by atoms with E-state index in [1.165, 1.54) is 12.5 Å². The first-order valence-electron chi connectivity index (χ1n) is 7.87. The third kappa shape index (κ3) is 2.46. The number of phenols is 1. The van der Waals surface area contributed by atoms with Crippen LogP contribution in [0.5, 0.6) is 5.75 Å². The van der Waals surface area contributed by atoms with Gasteiger partial charge in [-0.3, -0.25) is 4.79 Å². The average molecular weight is 324 g/mol. The zero-order valence-electron chi connectivity index (χ0n) is 12.9. The zero-order chi connectivity index (χ0) is 16.5. The molecule has 0 saturated heterocycles. The number of phenolic OH excluding ortho intramolecular Hbond substituents is 1. The number of hydrogen-bond acceptors (Lipinski definition) is 5. The summed E-state index contributed by atoms with van der Waals surface area (Å²) >= 11 is 0. The van der Waals surface area contributed by atoms with Crippen molar-refractivity contribution >= 4 is 23.1 Å². The fourth-order valence-corrected chi connectivity index (χ4v) is 3.12. The normalized spacial score (nSPS) is 14.2.